The zero-order valence-corrected chi connectivity index (χ0v) is 11.4. The largest absolute Gasteiger partial charge is 0.481 e. The number of thiazole rings is 1. The second-order valence-electron chi connectivity index (χ2n) is 4.33. The summed E-state index contributed by atoms with van der Waals surface area (Å²) in [7, 11) is 0. The predicted molar refractivity (Wildman–Crippen MR) is 75.3 cm³/mol. The maximum absolute atomic E-state index is 10.5. The van der Waals surface area contributed by atoms with Crippen molar-refractivity contribution in [3.8, 4) is 11.3 Å². The molecule has 0 atom stereocenters. The Bertz CT molecular complexity index is 752. The highest BCUT2D eigenvalue weighted by Crippen LogP contribution is 2.26. The van der Waals surface area contributed by atoms with E-state index in [1.165, 1.54) is 0 Å². The van der Waals surface area contributed by atoms with E-state index in [1.54, 1.807) is 17.5 Å². The van der Waals surface area contributed by atoms with Gasteiger partial charge in [0.1, 0.15) is 11.9 Å². The molecule has 0 unspecified atom stereocenters. The fourth-order valence-electron chi connectivity index (χ4n) is 1.99. The SMILES string of the molecule is O=C(O)CC[n+]1ccc(-c2nccc3scnc23)cc1. The number of carbonyl (C=O) groups is 1. The van der Waals surface area contributed by atoms with Crippen molar-refractivity contribution in [2.45, 2.75) is 13.0 Å². The van der Waals surface area contributed by atoms with Gasteiger partial charge >= 0.3 is 5.97 Å². The third-order valence-electron chi connectivity index (χ3n) is 3.00. The van der Waals surface area contributed by atoms with Gasteiger partial charge in [0, 0.05) is 23.9 Å². The molecule has 1 N–H and O–H groups in total. The Morgan fingerprint density at radius 1 is 1.25 bits per heavy atom. The first-order valence-electron chi connectivity index (χ1n) is 6.13. The van der Waals surface area contributed by atoms with Gasteiger partial charge in [-0.25, -0.2) is 9.55 Å². The molecule has 0 bridgehead atoms. The number of fused-ring (bicyclic) bond motifs is 1. The molecule has 5 nitrogen and oxygen atoms in total. The van der Waals surface area contributed by atoms with Crippen LogP contribution in [0.25, 0.3) is 21.5 Å². The Morgan fingerprint density at radius 3 is 2.80 bits per heavy atom. The van der Waals surface area contributed by atoms with Crippen LogP contribution in [0.2, 0.25) is 0 Å². The Morgan fingerprint density at radius 2 is 2.05 bits per heavy atom. The van der Waals surface area contributed by atoms with Gasteiger partial charge in [-0.05, 0) is 6.07 Å². The van der Waals surface area contributed by atoms with Gasteiger partial charge in [-0.3, -0.25) is 9.78 Å². The van der Waals surface area contributed by atoms with Crippen LogP contribution in [0.3, 0.4) is 0 Å². The number of hydrogen-bond acceptors (Lipinski definition) is 4. The standard InChI is InChI=1S/C14H11N3O2S/c18-12(19)4-8-17-6-2-10(3-7-17)13-14-11(1-5-15-13)20-9-16-14/h1-3,5-7,9H,4,8H2/p+1. The van der Waals surface area contributed by atoms with Crippen LogP contribution < -0.4 is 4.57 Å². The quantitative estimate of drug-likeness (QED) is 0.746. The minimum Gasteiger partial charge on any atom is -0.481 e. The number of nitrogens with zero attached hydrogens (tertiary/aromatic N) is 3. The van der Waals surface area contributed by atoms with Crippen molar-refractivity contribution in [2.24, 2.45) is 0 Å². The average Bonchev–Trinajstić information content (AvgIpc) is 2.94. The maximum Gasteiger partial charge on any atom is 0.309 e. The van der Waals surface area contributed by atoms with Gasteiger partial charge in [0.05, 0.1) is 15.9 Å². The zero-order valence-electron chi connectivity index (χ0n) is 10.6. The first-order chi connectivity index (χ1) is 9.74. The molecule has 3 heterocycles. The second kappa shape index (κ2) is 5.34. The first kappa shape index (κ1) is 12.7. The first-order valence-corrected chi connectivity index (χ1v) is 7.01. The van der Waals surface area contributed by atoms with Gasteiger partial charge in [0.15, 0.2) is 18.9 Å². The fourth-order valence-corrected chi connectivity index (χ4v) is 2.66. The molecule has 3 aromatic rings. The van der Waals surface area contributed by atoms with E-state index in [4.69, 9.17) is 5.11 Å². The summed E-state index contributed by atoms with van der Waals surface area (Å²) in [5.74, 6) is -0.796. The summed E-state index contributed by atoms with van der Waals surface area (Å²) < 4.78 is 2.95. The monoisotopic (exact) mass is 286 g/mol. The summed E-state index contributed by atoms with van der Waals surface area (Å²) in [5.41, 5.74) is 4.55. The molecule has 0 aliphatic rings. The number of rotatable bonds is 4. The van der Waals surface area contributed by atoms with E-state index in [9.17, 15) is 4.79 Å². The Labute approximate surface area is 119 Å². The van der Waals surface area contributed by atoms with Crippen molar-refractivity contribution >= 4 is 27.5 Å². The lowest BCUT2D eigenvalue weighted by Crippen LogP contribution is -2.33. The number of pyridine rings is 2. The Kier molecular flexibility index (Phi) is 3.39. The van der Waals surface area contributed by atoms with E-state index in [0.717, 1.165) is 21.5 Å². The van der Waals surface area contributed by atoms with Gasteiger partial charge in [0.25, 0.3) is 0 Å². The maximum atomic E-state index is 10.5. The van der Waals surface area contributed by atoms with Crippen LogP contribution in [0.4, 0.5) is 0 Å². The molecule has 0 aliphatic heterocycles. The Hall–Kier alpha value is -2.34. The normalized spacial score (nSPS) is 10.8. The van der Waals surface area contributed by atoms with E-state index in [0.29, 0.717) is 6.54 Å². The van der Waals surface area contributed by atoms with E-state index in [2.05, 4.69) is 9.97 Å². The average molecular weight is 286 g/mol. The second-order valence-corrected chi connectivity index (χ2v) is 5.21. The highest BCUT2D eigenvalue weighted by atomic mass is 32.1. The third kappa shape index (κ3) is 2.50. The Balaban J connectivity index is 1.91. The van der Waals surface area contributed by atoms with Gasteiger partial charge in [-0.15, -0.1) is 11.3 Å². The number of hydrogen-bond donors (Lipinski definition) is 1. The van der Waals surface area contributed by atoms with Crippen molar-refractivity contribution in [1.82, 2.24) is 9.97 Å². The number of carboxylic acid groups (broad SMARTS) is 1. The lowest BCUT2D eigenvalue weighted by atomic mass is 10.1. The highest BCUT2D eigenvalue weighted by Gasteiger charge is 2.10. The minimum absolute atomic E-state index is 0.115. The lowest BCUT2D eigenvalue weighted by molar-refractivity contribution is -0.695. The lowest BCUT2D eigenvalue weighted by Gasteiger charge is -2.01. The smallest absolute Gasteiger partial charge is 0.309 e. The summed E-state index contributed by atoms with van der Waals surface area (Å²) in [6.45, 7) is 0.462. The van der Waals surface area contributed by atoms with Crippen molar-refractivity contribution in [3.05, 3.63) is 42.3 Å². The molecule has 0 spiro atoms. The van der Waals surface area contributed by atoms with Crippen molar-refractivity contribution in [1.29, 1.82) is 0 Å². The summed E-state index contributed by atoms with van der Waals surface area (Å²) in [6, 6.07) is 5.82. The van der Waals surface area contributed by atoms with Gasteiger partial charge in [-0.1, -0.05) is 0 Å². The topological polar surface area (TPSA) is 67.0 Å². The molecule has 100 valence electrons. The number of carboxylic acids is 1. The molecule has 0 radical (unpaired) electrons. The fraction of sp³-hybridized carbons (Fsp3) is 0.143. The molecule has 0 fully saturated rings. The molecule has 3 aromatic heterocycles. The molecule has 0 aliphatic carbocycles. The minimum atomic E-state index is -0.796. The van der Waals surface area contributed by atoms with Gasteiger partial charge in [-0.2, -0.15) is 0 Å². The number of aryl methyl sites for hydroxylation is 1. The molecular formula is C14H12N3O2S+. The van der Waals surface area contributed by atoms with Crippen molar-refractivity contribution < 1.29 is 14.5 Å². The van der Waals surface area contributed by atoms with Crippen LogP contribution in [0, 0.1) is 0 Å². The van der Waals surface area contributed by atoms with Crippen LogP contribution in [0.1, 0.15) is 6.42 Å². The van der Waals surface area contributed by atoms with E-state index < -0.39 is 5.97 Å². The van der Waals surface area contributed by atoms with E-state index in [1.807, 2.05) is 40.7 Å². The molecular weight excluding hydrogens is 274 g/mol. The van der Waals surface area contributed by atoms with Crippen molar-refractivity contribution in [3.63, 3.8) is 0 Å². The third-order valence-corrected chi connectivity index (χ3v) is 3.79. The summed E-state index contributed by atoms with van der Waals surface area (Å²) in [4.78, 5) is 19.3. The molecule has 3 rings (SSSR count). The van der Waals surface area contributed by atoms with Gasteiger partial charge < -0.3 is 5.11 Å². The molecule has 0 amide bonds. The molecule has 0 saturated heterocycles. The predicted octanol–water partition coefficient (Wildman–Crippen LogP) is 2.12. The van der Waals surface area contributed by atoms with Crippen LogP contribution >= 0.6 is 11.3 Å². The number of aromatic nitrogens is 3. The van der Waals surface area contributed by atoms with E-state index in [-0.39, 0.29) is 6.42 Å². The van der Waals surface area contributed by atoms with Crippen LogP contribution in [0.5, 0.6) is 0 Å². The van der Waals surface area contributed by atoms with E-state index >= 15 is 0 Å². The number of aliphatic carboxylic acids is 1. The molecule has 0 saturated carbocycles. The van der Waals surface area contributed by atoms with Crippen LogP contribution in [0.15, 0.2) is 42.3 Å². The molecule has 20 heavy (non-hydrogen) atoms. The highest BCUT2D eigenvalue weighted by molar-refractivity contribution is 7.16. The van der Waals surface area contributed by atoms with Crippen LogP contribution in [-0.2, 0) is 11.3 Å². The van der Waals surface area contributed by atoms with Gasteiger partial charge in [0.2, 0.25) is 0 Å². The van der Waals surface area contributed by atoms with Crippen LogP contribution in [-0.4, -0.2) is 21.0 Å². The molecule has 6 heteroatoms. The summed E-state index contributed by atoms with van der Waals surface area (Å²) >= 11 is 1.59. The van der Waals surface area contributed by atoms with Crippen molar-refractivity contribution in [2.75, 3.05) is 0 Å². The summed E-state index contributed by atoms with van der Waals surface area (Å²) in [5, 5.41) is 8.67. The zero-order chi connectivity index (χ0) is 13.9. The molecule has 0 aromatic carbocycles. The summed E-state index contributed by atoms with van der Waals surface area (Å²) in [6.07, 6.45) is 5.63.